The Labute approximate surface area is 99.2 Å². The van der Waals surface area contributed by atoms with Gasteiger partial charge in [0.15, 0.2) is 0 Å². The Morgan fingerprint density at radius 1 is 1.31 bits per heavy atom. The van der Waals surface area contributed by atoms with Crippen molar-refractivity contribution in [3.05, 3.63) is 18.0 Å². The van der Waals surface area contributed by atoms with Crippen molar-refractivity contribution < 1.29 is 0 Å². The normalized spacial score (nSPS) is 13.3. The average Bonchev–Trinajstić information content (AvgIpc) is 2.64. The highest BCUT2D eigenvalue weighted by Gasteiger charge is 2.08. The summed E-state index contributed by atoms with van der Waals surface area (Å²) in [6.07, 6.45) is 6.75. The van der Waals surface area contributed by atoms with Gasteiger partial charge >= 0.3 is 0 Å². The van der Waals surface area contributed by atoms with E-state index in [1.54, 1.807) is 0 Å². The summed E-state index contributed by atoms with van der Waals surface area (Å²) in [6.45, 7) is 4.57. The molecular formula is C13H25N3. The molecule has 0 fully saturated rings. The van der Waals surface area contributed by atoms with Crippen molar-refractivity contribution >= 4 is 0 Å². The molecule has 1 aromatic rings. The van der Waals surface area contributed by atoms with Gasteiger partial charge in [0.1, 0.15) is 0 Å². The molecule has 0 aliphatic heterocycles. The van der Waals surface area contributed by atoms with Crippen LogP contribution >= 0.6 is 0 Å². The van der Waals surface area contributed by atoms with E-state index in [0.29, 0.717) is 6.04 Å². The summed E-state index contributed by atoms with van der Waals surface area (Å²) >= 11 is 0. The van der Waals surface area contributed by atoms with E-state index in [2.05, 4.69) is 37.4 Å². The lowest BCUT2D eigenvalue weighted by atomic mass is 9.99. The molecule has 0 amide bonds. The quantitative estimate of drug-likeness (QED) is 0.769. The Bertz CT molecular complexity index is 291. The van der Waals surface area contributed by atoms with Crippen LogP contribution < -0.4 is 5.32 Å². The lowest BCUT2D eigenvalue weighted by molar-refractivity contribution is 0.429. The van der Waals surface area contributed by atoms with E-state index in [1.807, 2.05) is 17.9 Å². The minimum Gasteiger partial charge on any atom is -0.317 e. The predicted octanol–water partition coefficient (Wildman–Crippen LogP) is 2.38. The van der Waals surface area contributed by atoms with Gasteiger partial charge in [0.05, 0.1) is 0 Å². The molecule has 0 saturated carbocycles. The number of nitrogens with zero attached hydrogens (tertiary/aromatic N) is 2. The van der Waals surface area contributed by atoms with Gasteiger partial charge in [0, 0.05) is 25.0 Å². The number of rotatable bonds is 7. The molecule has 1 rings (SSSR count). The third-order valence-corrected chi connectivity index (χ3v) is 3.17. The molecule has 0 aromatic carbocycles. The highest BCUT2D eigenvalue weighted by atomic mass is 15.2. The van der Waals surface area contributed by atoms with Crippen LogP contribution in [-0.2, 0) is 13.5 Å². The molecule has 0 spiro atoms. The zero-order valence-corrected chi connectivity index (χ0v) is 11.0. The number of hydrogen-bond donors (Lipinski definition) is 1. The highest BCUT2D eigenvalue weighted by molar-refractivity contribution is 5.00. The van der Waals surface area contributed by atoms with Crippen LogP contribution in [0.3, 0.4) is 0 Å². The van der Waals surface area contributed by atoms with E-state index in [1.165, 1.54) is 25.0 Å². The fourth-order valence-electron chi connectivity index (χ4n) is 1.94. The van der Waals surface area contributed by atoms with Crippen molar-refractivity contribution in [2.45, 2.75) is 45.6 Å². The highest BCUT2D eigenvalue weighted by Crippen LogP contribution is 2.11. The van der Waals surface area contributed by atoms with Crippen LogP contribution in [0.15, 0.2) is 12.3 Å². The summed E-state index contributed by atoms with van der Waals surface area (Å²) in [7, 11) is 4.08. The molecule has 0 radical (unpaired) electrons. The van der Waals surface area contributed by atoms with Crippen LogP contribution in [0, 0.1) is 5.92 Å². The molecule has 0 bridgehead atoms. The summed E-state index contributed by atoms with van der Waals surface area (Å²) in [5, 5.41) is 7.60. The van der Waals surface area contributed by atoms with Crippen molar-refractivity contribution in [2.75, 3.05) is 7.05 Å². The maximum absolute atomic E-state index is 4.19. The van der Waals surface area contributed by atoms with Crippen molar-refractivity contribution in [1.29, 1.82) is 0 Å². The predicted molar refractivity (Wildman–Crippen MR) is 68.4 cm³/mol. The number of aryl methyl sites for hydroxylation is 2. The molecule has 0 aliphatic carbocycles. The Morgan fingerprint density at radius 2 is 2.06 bits per heavy atom. The summed E-state index contributed by atoms with van der Waals surface area (Å²) < 4.78 is 1.97. The smallest absolute Gasteiger partial charge is 0.0492 e. The first-order valence-electron chi connectivity index (χ1n) is 6.27. The molecule has 1 N–H and O–H groups in total. The SMILES string of the molecule is CNC(CCc1ccnn1C)CCC(C)C. The second-order valence-corrected chi connectivity index (χ2v) is 4.94. The van der Waals surface area contributed by atoms with Gasteiger partial charge in [-0.25, -0.2) is 0 Å². The van der Waals surface area contributed by atoms with E-state index in [4.69, 9.17) is 0 Å². The zero-order chi connectivity index (χ0) is 12.0. The van der Waals surface area contributed by atoms with E-state index in [9.17, 15) is 0 Å². The van der Waals surface area contributed by atoms with Gasteiger partial charge in [-0.3, -0.25) is 4.68 Å². The second-order valence-electron chi connectivity index (χ2n) is 4.94. The van der Waals surface area contributed by atoms with Crippen molar-refractivity contribution in [3.63, 3.8) is 0 Å². The largest absolute Gasteiger partial charge is 0.317 e. The molecular weight excluding hydrogens is 198 g/mol. The minimum absolute atomic E-state index is 0.636. The Morgan fingerprint density at radius 3 is 2.56 bits per heavy atom. The van der Waals surface area contributed by atoms with E-state index in [-0.39, 0.29) is 0 Å². The van der Waals surface area contributed by atoms with Crippen molar-refractivity contribution in [3.8, 4) is 0 Å². The van der Waals surface area contributed by atoms with E-state index >= 15 is 0 Å². The summed E-state index contributed by atoms with van der Waals surface area (Å²) in [4.78, 5) is 0. The Kier molecular flexibility index (Phi) is 5.53. The summed E-state index contributed by atoms with van der Waals surface area (Å²) in [5.41, 5.74) is 1.32. The molecule has 3 heteroatoms. The van der Waals surface area contributed by atoms with Crippen LogP contribution in [0.4, 0.5) is 0 Å². The molecule has 0 aliphatic rings. The zero-order valence-electron chi connectivity index (χ0n) is 11.0. The number of aromatic nitrogens is 2. The lowest BCUT2D eigenvalue weighted by Crippen LogP contribution is -2.26. The average molecular weight is 223 g/mol. The molecule has 1 unspecified atom stereocenters. The first-order valence-corrected chi connectivity index (χ1v) is 6.27. The molecule has 92 valence electrons. The topological polar surface area (TPSA) is 29.9 Å². The van der Waals surface area contributed by atoms with Gasteiger partial charge in [0.2, 0.25) is 0 Å². The number of hydrogen-bond acceptors (Lipinski definition) is 2. The molecule has 1 atom stereocenters. The van der Waals surface area contributed by atoms with Gasteiger partial charge < -0.3 is 5.32 Å². The summed E-state index contributed by atoms with van der Waals surface area (Å²) in [5.74, 6) is 0.799. The Hall–Kier alpha value is -0.830. The van der Waals surface area contributed by atoms with Gasteiger partial charge in [-0.15, -0.1) is 0 Å². The van der Waals surface area contributed by atoms with Crippen LogP contribution in [0.2, 0.25) is 0 Å². The third-order valence-electron chi connectivity index (χ3n) is 3.17. The van der Waals surface area contributed by atoms with Gasteiger partial charge in [-0.1, -0.05) is 13.8 Å². The van der Waals surface area contributed by atoms with Gasteiger partial charge in [-0.2, -0.15) is 5.10 Å². The maximum atomic E-state index is 4.19. The minimum atomic E-state index is 0.636. The molecule has 16 heavy (non-hydrogen) atoms. The second kappa shape index (κ2) is 6.69. The number of nitrogens with one attached hydrogen (secondary N) is 1. The third kappa shape index (κ3) is 4.35. The molecule has 1 heterocycles. The van der Waals surface area contributed by atoms with Crippen LogP contribution in [-0.4, -0.2) is 22.9 Å². The lowest BCUT2D eigenvalue weighted by Gasteiger charge is -2.17. The first-order chi connectivity index (χ1) is 7.63. The summed E-state index contributed by atoms with van der Waals surface area (Å²) in [6, 6.07) is 2.74. The van der Waals surface area contributed by atoms with E-state index < -0.39 is 0 Å². The Balaban J connectivity index is 2.31. The van der Waals surface area contributed by atoms with Gasteiger partial charge in [-0.05, 0) is 44.7 Å². The maximum Gasteiger partial charge on any atom is 0.0492 e. The van der Waals surface area contributed by atoms with Crippen LogP contribution in [0.25, 0.3) is 0 Å². The monoisotopic (exact) mass is 223 g/mol. The molecule has 3 nitrogen and oxygen atoms in total. The van der Waals surface area contributed by atoms with E-state index in [0.717, 1.165) is 12.3 Å². The first kappa shape index (κ1) is 13.2. The standard InChI is InChI=1S/C13H25N3/c1-11(2)5-6-12(14-3)7-8-13-9-10-15-16(13)4/h9-12,14H,5-8H2,1-4H3. The fourth-order valence-corrected chi connectivity index (χ4v) is 1.94. The van der Waals surface area contributed by atoms with Gasteiger partial charge in [0.25, 0.3) is 0 Å². The fraction of sp³-hybridized carbons (Fsp3) is 0.769. The van der Waals surface area contributed by atoms with Crippen LogP contribution in [0.1, 0.15) is 38.8 Å². The van der Waals surface area contributed by atoms with Crippen molar-refractivity contribution in [2.24, 2.45) is 13.0 Å². The van der Waals surface area contributed by atoms with Crippen molar-refractivity contribution in [1.82, 2.24) is 15.1 Å². The van der Waals surface area contributed by atoms with Crippen LogP contribution in [0.5, 0.6) is 0 Å². The molecule has 1 aromatic heterocycles. The molecule has 0 saturated heterocycles.